The number of carboxylic acids is 1. The SMILES string of the molecule is Cc1ccc(OC(C)C(=O)N(C)C(C)(C)C(=O)O)c(Br)c1. The quantitative estimate of drug-likeness (QED) is 0.879. The minimum absolute atomic E-state index is 0.394. The molecule has 1 N–H and O–H groups in total. The molecule has 0 aromatic heterocycles. The average molecular weight is 358 g/mol. The van der Waals surface area contributed by atoms with E-state index in [0.29, 0.717) is 5.75 Å². The van der Waals surface area contributed by atoms with Gasteiger partial charge in [0.15, 0.2) is 6.10 Å². The number of carbonyl (C=O) groups excluding carboxylic acids is 1. The monoisotopic (exact) mass is 357 g/mol. The molecule has 0 heterocycles. The van der Waals surface area contributed by atoms with Crippen LogP contribution in [0, 0.1) is 6.92 Å². The standard InChI is InChI=1S/C15H20BrNO4/c1-9-6-7-12(11(16)8-9)21-10(2)13(18)17(5)15(3,4)14(19)20/h6-8,10H,1-5H3,(H,19,20). The fraction of sp³-hybridized carbons (Fsp3) is 0.467. The van der Waals surface area contributed by atoms with E-state index in [9.17, 15) is 9.59 Å². The maximum atomic E-state index is 12.3. The van der Waals surface area contributed by atoms with E-state index in [1.165, 1.54) is 25.8 Å². The van der Waals surface area contributed by atoms with Gasteiger partial charge in [0.25, 0.3) is 5.91 Å². The molecule has 1 amide bonds. The Morgan fingerprint density at radius 3 is 2.43 bits per heavy atom. The summed E-state index contributed by atoms with van der Waals surface area (Å²) in [4.78, 5) is 24.7. The topological polar surface area (TPSA) is 66.8 Å². The zero-order valence-corrected chi connectivity index (χ0v) is 14.4. The first-order chi connectivity index (χ1) is 9.57. The smallest absolute Gasteiger partial charge is 0.329 e. The van der Waals surface area contributed by atoms with Gasteiger partial charge in [0.1, 0.15) is 11.3 Å². The summed E-state index contributed by atoms with van der Waals surface area (Å²) >= 11 is 3.38. The number of carbonyl (C=O) groups is 2. The van der Waals surface area contributed by atoms with Crippen molar-refractivity contribution in [2.24, 2.45) is 0 Å². The van der Waals surface area contributed by atoms with Crippen molar-refractivity contribution in [3.8, 4) is 5.75 Å². The number of likely N-dealkylation sites (N-methyl/N-ethyl adjacent to an activating group) is 1. The molecule has 0 aliphatic heterocycles. The molecule has 21 heavy (non-hydrogen) atoms. The zero-order valence-electron chi connectivity index (χ0n) is 12.8. The van der Waals surface area contributed by atoms with Crippen LogP contribution in [0.15, 0.2) is 22.7 Å². The van der Waals surface area contributed by atoms with Gasteiger partial charge in [-0.2, -0.15) is 0 Å². The molecule has 0 fully saturated rings. The number of aryl methyl sites for hydroxylation is 1. The summed E-state index contributed by atoms with van der Waals surface area (Å²) in [5.74, 6) is -0.917. The second kappa shape index (κ2) is 6.47. The van der Waals surface area contributed by atoms with Crippen molar-refractivity contribution in [1.29, 1.82) is 0 Å². The number of ether oxygens (including phenoxy) is 1. The van der Waals surface area contributed by atoms with E-state index in [0.717, 1.165) is 10.0 Å². The Morgan fingerprint density at radius 1 is 1.38 bits per heavy atom. The number of carboxylic acid groups (broad SMARTS) is 1. The summed E-state index contributed by atoms with van der Waals surface area (Å²) < 4.78 is 6.38. The first kappa shape index (κ1) is 17.5. The Labute approximate surface area is 133 Å². The summed E-state index contributed by atoms with van der Waals surface area (Å²) in [6.45, 7) is 6.50. The molecular formula is C15H20BrNO4. The first-order valence-electron chi connectivity index (χ1n) is 6.51. The third-order valence-electron chi connectivity index (χ3n) is 3.43. The molecule has 0 bridgehead atoms. The van der Waals surface area contributed by atoms with Crippen molar-refractivity contribution in [1.82, 2.24) is 4.90 Å². The van der Waals surface area contributed by atoms with Gasteiger partial charge in [-0.1, -0.05) is 6.07 Å². The predicted molar refractivity (Wildman–Crippen MR) is 83.5 cm³/mol. The fourth-order valence-electron chi connectivity index (χ4n) is 1.63. The number of hydrogen-bond donors (Lipinski definition) is 1. The lowest BCUT2D eigenvalue weighted by Gasteiger charge is -2.33. The van der Waals surface area contributed by atoms with Crippen molar-refractivity contribution in [3.05, 3.63) is 28.2 Å². The first-order valence-corrected chi connectivity index (χ1v) is 7.30. The van der Waals surface area contributed by atoms with Crippen LogP contribution in [-0.2, 0) is 9.59 Å². The van der Waals surface area contributed by atoms with Crippen LogP contribution in [-0.4, -0.2) is 40.6 Å². The minimum Gasteiger partial charge on any atom is -0.480 e. The van der Waals surface area contributed by atoms with Crippen LogP contribution in [0.1, 0.15) is 26.3 Å². The lowest BCUT2D eigenvalue weighted by molar-refractivity contribution is -0.157. The molecule has 0 radical (unpaired) electrons. The molecule has 1 rings (SSSR count). The van der Waals surface area contributed by atoms with Crippen LogP contribution < -0.4 is 4.74 Å². The van der Waals surface area contributed by atoms with Crippen molar-refractivity contribution in [2.75, 3.05) is 7.05 Å². The molecule has 1 aromatic rings. The lowest BCUT2D eigenvalue weighted by Crippen LogP contribution is -2.54. The summed E-state index contributed by atoms with van der Waals surface area (Å²) in [5.41, 5.74) is -0.225. The minimum atomic E-state index is -1.29. The third kappa shape index (κ3) is 3.97. The van der Waals surface area contributed by atoms with Crippen LogP contribution in [0.2, 0.25) is 0 Å². The van der Waals surface area contributed by atoms with Crippen molar-refractivity contribution in [2.45, 2.75) is 39.3 Å². The Bertz CT molecular complexity index is 557. The van der Waals surface area contributed by atoms with E-state index < -0.39 is 23.5 Å². The molecule has 0 spiro atoms. The van der Waals surface area contributed by atoms with Gasteiger partial charge >= 0.3 is 5.97 Å². The molecular weight excluding hydrogens is 338 g/mol. The van der Waals surface area contributed by atoms with Crippen LogP contribution in [0.25, 0.3) is 0 Å². The number of amides is 1. The van der Waals surface area contributed by atoms with Gasteiger partial charge in [0, 0.05) is 7.05 Å². The second-order valence-corrected chi connectivity index (χ2v) is 6.31. The van der Waals surface area contributed by atoms with E-state index in [2.05, 4.69) is 15.9 Å². The number of benzene rings is 1. The molecule has 6 heteroatoms. The molecule has 1 atom stereocenters. The van der Waals surface area contributed by atoms with Crippen molar-refractivity contribution >= 4 is 27.8 Å². The lowest BCUT2D eigenvalue weighted by atomic mass is 10.0. The summed E-state index contributed by atoms with van der Waals surface area (Å²) in [6, 6.07) is 5.53. The number of nitrogens with zero attached hydrogens (tertiary/aromatic N) is 1. The highest BCUT2D eigenvalue weighted by Gasteiger charge is 2.37. The highest BCUT2D eigenvalue weighted by molar-refractivity contribution is 9.10. The van der Waals surface area contributed by atoms with Gasteiger partial charge in [0.2, 0.25) is 0 Å². The Hall–Kier alpha value is -1.56. The van der Waals surface area contributed by atoms with Gasteiger partial charge in [-0.25, -0.2) is 4.79 Å². The molecule has 5 nitrogen and oxygen atoms in total. The maximum absolute atomic E-state index is 12.3. The molecule has 1 aromatic carbocycles. The largest absolute Gasteiger partial charge is 0.480 e. The summed E-state index contributed by atoms with van der Waals surface area (Å²) in [6.07, 6.45) is -0.785. The van der Waals surface area contributed by atoms with Crippen LogP contribution in [0.5, 0.6) is 5.75 Å². The van der Waals surface area contributed by atoms with Crippen molar-refractivity contribution < 1.29 is 19.4 Å². The Kier molecular flexibility index (Phi) is 5.39. The second-order valence-electron chi connectivity index (χ2n) is 5.46. The Morgan fingerprint density at radius 2 is 1.95 bits per heavy atom. The fourth-order valence-corrected chi connectivity index (χ4v) is 2.22. The highest BCUT2D eigenvalue weighted by Crippen LogP contribution is 2.27. The number of halogens is 1. The number of rotatable bonds is 5. The molecule has 1 unspecified atom stereocenters. The van der Waals surface area contributed by atoms with E-state index in [1.54, 1.807) is 13.0 Å². The zero-order chi connectivity index (χ0) is 16.4. The molecule has 0 saturated heterocycles. The van der Waals surface area contributed by atoms with E-state index >= 15 is 0 Å². The van der Waals surface area contributed by atoms with E-state index in [-0.39, 0.29) is 0 Å². The van der Waals surface area contributed by atoms with Gasteiger partial charge in [-0.15, -0.1) is 0 Å². The Balaban J connectivity index is 2.86. The number of aliphatic carboxylic acids is 1. The number of hydrogen-bond acceptors (Lipinski definition) is 3. The highest BCUT2D eigenvalue weighted by atomic mass is 79.9. The van der Waals surface area contributed by atoms with Gasteiger partial charge in [-0.3, -0.25) is 4.79 Å². The van der Waals surface area contributed by atoms with E-state index in [1.807, 2.05) is 19.1 Å². The maximum Gasteiger partial charge on any atom is 0.329 e. The van der Waals surface area contributed by atoms with Crippen LogP contribution >= 0.6 is 15.9 Å². The van der Waals surface area contributed by atoms with Gasteiger partial charge in [0.05, 0.1) is 4.47 Å². The third-order valence-corrected chi connectivity index (χ3v) is 4.05. The average Bonchev–Trinajstić information content (AvgIpc) is 2.39. The van der Waals surface area contributed by atoms with Crippen LogP contribution in [0.3, 0.4) is 0 Å². The van der Waals surface area contributed by atoms with Crippen LogP contribution in [0.4, 0.5) is 0 Å². The van der Waals surface area contributed by atoms with Gasteiger partial charge < -0.3 is 14.7 Å². The normalized spacial score (nSPS) is 12.7. The molecule has 0 aliphatic rings. The molecule has 116 valence electrons. The summed E-state index contributed by atoms with van der Waals surface area (Å²) in [5, 5.41) is 9.16. The van der Waals surface area contributed by atoms with Crippen molar-refractivity contribution in [3.63, 3.8) is 0 Å². The molecule has 0 aliphatic carbocycles. The molecule has 0 saturated carbocycles. The van der Waals surface area contributed by atoms with E-state index in [4.69, 9.17) is 9.84 Å². The van der Waals surface area contributed by atoms with Gasteiger partial charge in [-0.05, 0) is 61.3 Å². The summed E-state index contributed by atoms with van der Waals surface area (Å²) in [7, 11) is 1.46. The predicted octanol–water partition coefficient (Wildman–Crippen LogP) is 2.85.